The molecule has 0 radical (unpaired) electrons. The van der Waals surface area contributed by atoms with Gasteiger partial charge in [0.25, 0.3) is 11.8 Å². The molecule has 0 atom stereocenters. The van der Waals surface area contributed by atoms with Crippen molar-refractivity contribution < 1.29 is 14.7 Å². The number of amides is 2. The molecule has 0 spiro atoms. The number of hydrogen-bond acceptors (Lipinski definition) is 4. The first-order chi connectivity index (χ1) is 11.5. The van der Waals surface area contributed by atoms with Gasteiger partial charge in [-0.15, -0.1) is 0 Å². The maximum atomic E-state index is 11.9. The zero-order chi connectivity index (χ0) is 17.5. The van der Waals surface area contributed by atoms with Gasteiger partial charge in [-0.1, -0.05) is 18.2 Å². The van der Waals surface area contributed by atoms with E-state index >= 15 is 0 Å². The summed E-state index contributed by atoms with van der Waals surface area (Å²) < 4.78 is 0.649. The quantitative estimate of drug-likeness (QED) is 0.541. The van der Waals surface area contributed by atoms with Crippen molar-refractivity contribution in [3.05, 3.63) is 63.6 Å². The molecule has 7 heteroatoms. The number of phenols is 1. The van der Waals surface area contributed by atoms with E-state index in [0.29, 0.717) is 15.6 Å². The molecule has 2 aromatic rings. The van der Waals surface area contributed by atoms with Crippen LogP contribution in [0.5, 0.6) is 5.75 Å². The van der Waals surface area contributed by atoms with Gasteiger partial charge in [0.15, 0.2) is 0 Å². The van der Waals surface area contributed by atoms with E-state index in [-0.39, 0.29) is 18.2 Å². The van der Waals surface area contributed by atoms with Crippen molar-refractivity contribution in [2.45, 2.75) is 6.92 Å². The lowest BCUT2D eigenvalue weighted by Gasteiger charge is -2.06. The Morgan fingerprint density at radius 3 is 2.71 bits per heavy atom. The molecule has 3 N–H and O–H groups in total. The highest BCUT2D eigenvalue weighted by Gasteiger charge is 2.10. The standard InChI is InChI=1S/C17H16BrN3O3/c1-11-6-7-12(15(22)8-11)9-20-21-16(23)10-19-17(24)13-4-2-3-5-14(13)18/h2-9,22H,10H2,1H3,(H,19,24)(H,21,23)/b20-9+. The van der Waals surface area contributed by atoms with E-state index < -0.39 is 5.91 Å². The predicted molar refractivity (Wildman–Crippen MR) is 95.1 cm³/mol. The van der Waals surface area contributed by atoms with Gasteiger partial charge in [0.1, 0.15) is 5.75 Å². The van der Waals surface area contributed by atoms with E-state index in [1.54, 1.807) is 36.4 Å². The third-order valence-electron chi connectivity index (χ3n) is 3.11. The van der Waals surface area contributed by atoms with E-state index in [4.69, 9.17) is 0 Å². The predicted octanol–water partition coefficient (Wildman–Crippen LogP) is 2.34. The first-order valence-electron chi connectivity index (χ1n) is 7.11. The van der Waals surface area contributed by atoms with Crippen LogP contribution in [0.1, 0.15) is 21.5 Å². The number of benzene rings is 2. The molecule has 6 nitrogen and oxygen atoms in total. The summed E-state index contributed by atoms with van der Waals surface area (Å²) in [6.07, 6.45) is 1.34. The summed E-state index contributed by atoms with van der Waals surface area (Å²) in [4.78, 5) is 23.6. The van der Waals surface area contributed by atoms with Crippen LogP contribution in [0.15, 0.2) is 52.0 Å². The van der Waals surface area contributed by atoms with Crippen LogP contribution in [0.2, 0.25) is 0 Å². The third-order valence-corrected chi connectivity index (χ3v) is 3.80. The van der Waals surface area contributed by atoms with Crippen molar-refractivity contribution in [2.24, 2.45) is 5.10 Å². The largest absolute Gasteiger partial charge is 0.507 e. The molecule has 0 aliphatic rings. The Morgan fingerprint density at radius 2 is 2.00 bits per heavy atom. The van der Waals surface area contributed by atoms with Crippen molar-refractivity contribution in [3.63, 3.8) is 0 Å². The Hall–Kier alpha value is -2.67. The van der Waals surface area contributed by atoms with Gasteiger partial charge in [0.05, 0.1) is 18.3 Å². The normalized spacial score (nSPS) is 10.6. The number of phenolic OH excluding ortho intramolecular Hbond substituents is 1. The molecular formula is C17H16BrN3O3. The zero-order valence-corrected chi connectivity index (χ0v) is 14.5. The van der Waals surface area contributed by atoms with E-state index in [0.717, 1.165) is 5.56 Å². The molecule has 2 aromatic carbocycles. The Labute approximate surface area is 147 Å². The SMILES string of the molecule is Cc1ccc(/C=N/NC(=O)CNC(=O)c2ccccc2Br)c(O)c1. The number of halogens is 1. The molecule has 0 heterocycles. The maximum absolute atomic E-state index is 11.9. The molecule has 0 unspecified atom stereocenters. The van der Waals surface area contributed by atoms with E-state index in [1.807, 2.05) is 13.0 Å². The van der Waals surface area contributed by atoms with Crippen molar-refractivity contribution in [1.29, 1.82) is 0 Å². The molecule has 0 saturated heterocycles. The second-order valence-electron chi connectivity index (χ2n) is 5.02. The molecule has 2 amide bonds. The molecule has 0 bridgehead atoms. The maximum Gasteiger partial charge on any atom is 0.259 e. The molecule has 0 aromatic heterocycles. The van der Waals surface area contributed by atoms with Crippen LogP contribution in [-0.4, -0.2) is 29.7 Å². The number of aromatic hydroxyl groups is 1. The average Bonchev–Trinajstić information content (AvgIpc) is 2.55. The van der Waals surface area contributed by atoms with Crippen molar-refractivity contribution >= 4 is 34.0 Å². The number of nitrogens with one attached hydrogen (secondary N) is 2. The van der Waals surface area contributed by atoms with Gasteiger partial charge in [-0.05, 0) is 52.7 Å². The summed E-state index contributed by atoms with van der Waals surface area (Å²) in [5.74, 6) is -0.758. The number of carbonyl (C=O) groups is 2. The van der Waals surface area contributed by atoms with E-state index in [1.165, 1.54) is 6.21 Å². The number of aryl methyl sites for hydroxylation is 1. The lowest BCUT2D eigenvalue weighted by molar-refractivity contribution is -0.120. The number of hydrogen-bond donors (Lipinski definition) is 3. The van der Waals surface area contributed by atoms with Crippen molar-refractivity contribution in [1.82, 2.24) is 10.7 Å². The summed E-state index contributed by atoms with van der Waals surface area (Å²) in [5, 5.41) is 16.0. The van der Waals surface area contributed by atoms with Crippen LogP contribution < -0.4 is 10.7 Å². The molecule has 24 heavy (non-hydrogen) atoms. The van der Waals surface area contributed by atoms with Gasteiger partial charge in [-0.2, -0.15) is 5.10 Å². The van der Waals surface area contributed by atoms with Gasteiger partial charge in [-0.3, -0.25) is 9.59 Å². The zero-order valence-electron chi connectivity index (χ0n) is 12.9. The van der Waals surface area contributed by atoms with Crippen LogP contribution in [0.25, 0.3) is 0 Å². The van der Waals surface area contributed by atoms with Gasteiger partial charge in [0.2, 0.25) is 0 Å². The minimum atomic E-state index is -0.474. The molecular weight excluding hydrogens is 374 g/mol. The molecule has 2 rings (SSSR count). The third kappa shape index (κ3) is 4.92. The number of nitrogens with zero attached hydrogens (tertiary/aromatic N) is 1. The minimum Gasteiger partial charge on any atom is -0.507 e. The summed E-state index contributed by atoms with van der Waals surface area (Å²) in [7, 11) is 0. The van der Waals surface area contributed by atoms with Gasteiger partial charge >= 0.3 is 0 Å². The summed E-state index contributed by atoms with van der Waals surface area (Å²) in [5.41, 5.74) is 4.13. The Balaban J connectivity index is 1.84. The lowest BCUT2D eigenvalue weighted by atomic mass is 10.1. The number of carbonyl (C=O) groups excluding carboxylic acids is 2. The topological polar surface area (TPSA) is 90.8 Å². The van der Waals surface area contributed by atoms with Crippen LogP contribution in [-0.2, 0) is 4.79 Å². The minimum absolute atomic E-state index is 0.0789. The highest BCUT2D eigenvalue weighted by molar-refractivity contribution is 9.10. The van der Waals surface area contributed by atoms with E-state index in [2.05, 4.69) is 31.8 Å². The summed E-state index contributed by atoms with van der Waals surface area (Å²) in [6.45, 7) is 1.65. The van der Waals surface area contributed by atoms with E-state index in [9.17, 15) is 14.7 Å². The summed E-state index contributed by atoms with van der Waals surface area (Å²) in [6, 6.07) is 12.0. The first kappa shape index (κ1) is 17.7. The van der Waals surface area contributed by atoms with Gasteiger partial charge < -0.3 is 10.4 Å². The first-order valence-corrected chi connectivity index (χ1v) is 7.91. The molecule has 124 valence electrons. The second kappa shape index (κ2) is 8.26. The van der Waals surface area contributed by atoms with Crippen molar-refractivity contribution in [2.75, 3.05) is 6.54 Å². The smallest absolute Gasteiger partial charge is 0.259 e. The number of rotatable bonds is 5. The second-order valence-corrected chi connectivity index (χ2v) is 5.87. The lowest BCUT2D eigenvalue weighted by Crippen LogP contribution is -2.35. The van der Waals surface area contributed by atoms with Crippen LogP contribution in [0, 0.1) is 6.92 Å². The summed E-state index contributed by atoms with van der Waals surface area (Å²) >= 11 is 3.27. The molecule has 0 fully saturated rings. The highest BCUT2D eigenvalue weighted by atomic mass is 79.9. The Morgan fingerprint density at radius 1 is 1.25 bits per heavy atom. The fourth-order valence-corrected chi connectivity index (χ4v) is 2.34. The monoisotopic (exact) mass is 389 g/mol. The fraction of sp³-hybridized carbons (Fsp3) is 0.118. The Bertz CT molecular complexity index is 790. The average molecular weight is 390 g/mol. The Kier molecular flexibility index (Phi) is 6.08. The molecule has 0 aliphatic carbocycles. The van der Waals surface area contributed by atoms with Crippen molar-refractivity contribution in [3.8, 4) is 5.75 Å². The molecule has 0 aliphatic heterocycles. The fourth-order valence-electron chi connectivity index (χ4n) is 1.88. The van der Waals surface area contributed by atoms with Crippen LogP contribution in [0.3, 0.4) is 0 Å². The number of hydrazone groups is 1. The van der Waals surface area contributed by atoms with Gasteiger partial charge in [-0.25, -0.2) is 5.43 Å². The van der Waals surface area contributed by atoms with Crippen LogP contribution in [0.4, 0.5) is 0 Å². The van der Waals surface area contributed by atoms with Crippen LogP contribution >= 0.6 is 15.9 Å². The highest BCUT2D eigenvalue weighted by Crippen LogP contribution is 2.16. The van der Waals surface area contributed by atoms with Gasteiger partial charge in [0, 0.05) is 10.0 Å². The molecule has 0 saturated carbocycles.